The summed E-state index contributed by atoms with van der Waals surface area (Å²) in [6, 6.07) is 16.1. The first kappa shape index (κ1) is 16.6. The number of amides is 2. The Hall–Kier alpha value is -2.86. The van der Waals surface area contributed by atoms with E-state index in [1.807, 2.05) is 30.3 Å². The highest BCUT2D eigenvalue weighted by atomic mass is 16.3. The van der Waals surface area contributed by atoms with Crippen LogP contribution >= 0.6 is 0 Å². The third-order valence-electron chi connectivity index (χ3n) is 5.27. The van der Waals surface area contributed by atoms with Crippen LogP contribution in [0.15, 0.2) is 54.6 Å². The quantitative estimate of drug-likeness (QED) is 0.787. The lowest BCUT2D eigenvalue weighted by molar-refractivity contribution is -0.915. The number of hydrogen-bond acceptors (Lipinski definition) is 4. The van der Waals surface area contributed by atoms with Crippen molar-refractivity contribution in [2.24, 2.45) is 0 Å². The molecular formula is C20H22N3O3+. The highest BCUT2D eigenvalue weighted by molar-refractivity contribution is 6.21. The zero-order valence-electron chi connectivity index (χ0n) is 14.5. The first-order valence-electron chi connectivity index (χ1n) is 8.94. The van der Waals surface area contributed by atoms with E-state index in [1.54, 1.807) is 24.3 Å². The molecule has 2 N–H and O–H groups in total. The van der Waals surface area contributed by atoms with E-state index in [0.29, 0.717) is 5.69 Å². The monoisotopic (exact) mass is 352 g/mol. The maximum atomic E-state index is 12.8. The summed E-state index contributed by atoms with van der Waals surface area (Å²) in [7, 11) is 0. The number of piperazine rings is 1. The normalized spacial score (nSPS) is 21.5. The Morgan fingerprint density at radius 2 is 1.54 bits per heavy atom. The van der Waals surface area contributed by atoms with E-state index in [-0.39, 0.29) is 30.0 Å². The Balaban J connectivity index is 1.42. The highest BCUT2D eigenvalue weighted by Crippen LogP contribution is 2.22. The van der Waals surface area contributed by atoms with Gasteiger partial charge in [0.25, 0.3) is 5.91 Å². The maximum absolute atomic E-state index is 12.8. The van der Waals surface area contributed by atoms with Crippen LogP contribution in [0.25, 0.3) is 0 Å². The number of hydrogen-bond donors (Lipinski definition) is 2. The minimum Gasteiger partial charge on any atom is -0.508 e. The highest BCUT2D eigenvalue weighted by Gasteiger charge is 2.46. The van der Waals surface area contributed by atoms with Gasteiger partial charge < -0.3 is 14.9 Å². The molecule has 2 aliphatic heterocycles. The van der Waals surface area contributed by atoms with Crippen LogP contribution in [0.5, 0.6) is 5.75 Å². The zero-order chi connectivity index (χ0) is 18.1. The number of phenolic OH excluding ortho intramolecular Hbond substituents is 1. The number of phenols is 1. The second kappa shape index (κ2) is 6.80. The molecule has 2 fully saturated rings. The van der Waals surface area contributed by atoms with E-state index in [4.69, 9.17) is 0 Å². The molecule has 0 aliphatic carbocycles. The SMILES string of the molecule is O=C1C[C@H]([NH+]2CCN(c3ccc(O)cc3)CC2)C(=O)N1c1ccccc1. The number of rotatable bonds is 3. The van der Waals surface area contributed by atoms with Gasteiger partial charge in [-0.15, -0.1) is 0 Å². The fourth-order valence-corrected chi connectivity index (χ4v) is 3.86. The molecule has 2 aromatic rings. The average Bonchev–Trinajstić information content (AvgIpc) is 2.97. The summed E-state index contributed by atoms with van der Waals surface area (Å²) in [4.78, 5) is 30.0. The third kappa shape index (κ3) is 3.04. The van der Waals surface area contributed by atoms with Crippen molar-refractivity contribution in [3.63, 3.8) is 0 Å². The zero-order valence-corrected chi connectivity index (χ0v) is 14.5. The van der Waals surface area contributed by atoms with Gasteiger partial charge in [-0.25, -0.2) is 4.90 Å². The lowest BCUT2D eigenvalue weighted by atomic mass is 10.1. The molecular weight excluding hydrogens is 330 g/mol. The number of para-hydroxylation sites is 1. The molecule has 0 unspecified atom stereocenters. The molecule has 2 heterocycles. The van der Waals surface area contributed by atoms with Gasteiger partial charge in [-0.1, -0.05) is 18.2 Å². The molecule has 2 saturated heterocycles. The minimum absolute atomic E-state index is 0.0886. The number of aromatic hydroxyl groups is 1. The topological polar surface area (TPSA) is 65.3 Å². The van der Waals surface area contributed by atoms with E-state index in [2.05, 4.69) is 4.90 Å². The second-order valence-electron chi connectivity index (χ2n) is 6.82. The predicted molar refractivity (Wildman–Crippen MR) is 98.4 cm³/mol. The van der Waals surface area contributed by atoms with E-state index in [0.717, 1.165) is 31.9 Å². The second-order valence-corrected chi connectivity index (χ2v) is 6.82. The molecule has 2 amide bonds. The number of benzene rings is 2. The Kier molecular flexibility index (Phi) is 4.34. The van der Waals surface area contributed by atoms with Crippen molar-refractivity contribution in [2.75, 3.05) is 36.0 Å². The molecule has 26 heavy (non-hydrogen) atoms. The smallest absolute Gasteiger partial charge is 0.292 e. The van der Waals surface area contributed by atoms with E-state index >= 15 is 0 Å². The molecule has 0 bridgehead atoms. The summed E-state index contributed by atoms with van der Waals surface area (Å²) in [6.45, 7) is 3.27. The van der Waals surface area contributed by atoms with E-state index < -0.39 is 0 Å². The van der Waals surface area contributed by atoms with E-state index in [1.165, 1.54) is 9.80 Å². The summed E-state index contributed by atoms with van der Waals surface area (Å²) in [5, 5.41) is 9.42. The molecule has 2 aromatic carbocycles. The van der Waals surface area contributed by atoms with Crippen molar-refractivity contribution in [1.29, 1.82) is 0 Å². The van der Waals surface area contributed by atoms with Crippen LogP contribution in [0.3, 0.4) is 0 Å². The summed E-state index contributed by atoms with van der Waals surface area (Å²) in [5.41, 5.74) is 1.73. The molecule has 0 spiro atoms. The standard InChI is InChI=1S/C20H21N3O3/c24-17-8-6-15(7-9-17)21-10-12-22(13-11-21)18-14-19(25)23(20(18)26)16-4-2-1-3-5-16/h1-9,18,24H,10-14H2/p+1/t18-/m0/s1. The van der Waals surface area contributed by atoms with Gasteiger partial charge in [0.05, 0.1) is 38.3 Å². The van der Waals surface area contributed by atoms with Gasteiger partial charge in [0, 0.05) is 5.69 Å². The average molecular weight is 352 g/mol. The largest absolute Gasteiger partial charge is 0.508 e. The lowest BCUT2D eigenvalue weighted by Gasteiger charge is -2.35. The molecule has 2 aliphatic rings. The van der Waals surface area contributed by atoms with Crippen molar-refractivity contribution in [3.05, 3.63) is 54.6 Å². The number of nitrogens with zero attached hydrogens (tertiary/aromatic N) is 2. The number of imide groups is 1. The first-order chi connectivity index (χ1) is 12.6. The summed E-state index contributed by atoms with van der Waals surface area (Å²) in [5.74, 6) is 0.0584. The van der Waals surface area contributed by atoms with Gasteiger partial charge in [0.2, 0.25) is 5.91 Å². The van der Waals surface area contributed by atoms with Crippen LogP contribution in [-0.4, -0.2) is 49.1 Å². The molecule has 6 nitrogen and oxygen atoms in total. The third-order valence-corrected chi connectivity index (χ3v) is 5.27. The van der Waals surface area contributed by atoms with Crippen LogP contribution in [0.2, 0.25) is 0 Å². The summed E-state index contributed by atoms with van der Waals surface area (Å²) in [6.07, 6.45) is 0.280. The van der Waals surface area contributed by atoms with Gasteiger partial charge in [-0.3, -0.25) is 9.59 Å². The van der Waals surface area contributed by atoms with Gasteiger partial charge in [-0.05, 0) is 36.4 Å². The van der Waals surface area contributed by atoms with Crippen molar-refractivity contribution in [1.82, 2.24) is 0 Å². The van der Waals surface area contributed by atoms with Crippen LogP contribution in [0.4, 0.5) is 11.4 Å². The van der Waals surface area contributed by atoms with Gasteiger partial charge in [0.15, 0.2) is 6.04 Å². The molecule has 0 aromatic heterocycles. The van der Waals surface area contributed by atoms with Crippen molar-refractivity contribution < 1.29 is 19.6 Å². The predicted octanol–water partition coefficient (Wildman–Crippen LogP) is 0.429. The first-order valence-corrected chi connectivity index (χ1v) is 8.94. The lowest BCUT2D eigenvalue weighted by Crippen LogP contribution is -3.19. The molecule has 6 heteroatoms. The number of anilines is 2. The number of nitrogens with one attached hydrogen (secondary N) is 1. The number of carbonyl (C=O) groups excluding carboxylic acids is 2. The van der Waals surface area contributed by atoms with Crippen molar-refractivity contribution >= 4 is 23.2 Å². The molecule has 0 saturated carbocycles. The fraction of sp³-hybridized carbons (Fsp3) is 0.300. The molecule has 134 valence electrons. The van der Waals surface area contributed by atoms with E-state index in [9.17, 15) is 14.7 Å². The molecule has 0 radical (unpaired) electrons. The van der Waals surface area contributed by atoms with Gasteiger partial charge in [0.1, 0.15) is 5.75 Å². The Bertz CT molecular complexity index is 799. The van der Waals surface area contributed by atoms with Gasteiger partial charge in [-0.2, -0.15) is 0 Å². The van der Waals surface area contributed by atoms with Crippen LogP contribution in [0, 0.1) is 0 Å². The maximum Gasteiger partial charge on any atom is 0.292 e. The van der Waals surface area contributed by atoms with Crippen molar-refractivity contribution in [2.45, 2.75) is 12.5 Å². The minimum atomic E-state index is -0.287. The van der Waals surface area contributed by atoms with Crippen LogP contribution in [-0.2, 0) is 9.59 Å². The molecule has 4 rings (SSSR count). The van der Waals surface area contributed by atoms with Crippen LogP contribution in [0.1, 0.15) is 6.42 Å². The molecule has 1 atom stereocenters. The fourth-order valence-electron chi connectivity index (χ4n) is 3.86. The Morgan fingerprint density at radius 1 is 0.885 bits per heavy atom. The summed E-state index contributed by atoms with van der Waals surface area (Å²) < 4.78 is 0. The Labute approximate surface area is 152 Å². The van der Waals surface area contributed by atoms with Crippen LogP contribution < -0.4 is 14.7 Å². The Morgan fingerprint density at radius 3 is 2.19 bits per heavy atom. The number of quaternary nitrogens is 1. The number of carbonyl (C=O) groups is 2. The van der Waals surface area contributed by atoms with Crippen molar-refractivity contribution in [3.8, 4) is 5.75 Å². The summed E-state index contributed by atoms with van der Waals surface area (Å²) >= 11 is 0. The van der Waals surface area contributed by atoms with Gasteiger partial charge >= 0.3 is 0 Å².